The van der Waals surface area contributed by atoms with Crippen LogP contribution < -0.4 is 25.6 Å². The summed E-state index contributed by atoms with van der Waals surface area (Å²) >= 11 is 11.2. The number of alkyl halides is 1. The largest absolute Gasteiger partial charge is 0.495 e. The van der Waals surface area contributed by atoms with Crippen LogP contribution in [0, 0.1) is 5.92 Å². The average Bonchev–Trinajstić information content (AvgIpc) is 3.23. The molecule has 64 heavy (non-hydrogen) atoms. The maximum atomic E-state index is 14.2. The molecule has 1 fully saturated rings. The lowest BCUT2D eigenvalue weighted by Crippen LogP contribution is -2.63. The van der Waals surface area contributed by atoms with Crippen molar-refractivity contribution in [1.29, 1.82) is 0 Å². The summed E-state index contributed by atoms with van der Waals surface area (Å²) in [7, 11) is 5.81. The molecule has 0 aliphatic carbocycles. The van der Waals surface area contributed by atoms with E-state index in [0.29, 0.717) is 30.8 Å². The monoisotopic (exact) mass is 1000 g/mol. The van der Waals surface area contributed by atoms with E-state index in [1.54, 1.807) is 31.2 Å². The number of likely N-dealkylation sites (N-methyl/N-ethyl adjacent to an activating group) is 1. The Morgan fingerprint density at radius 2 is 1.80 bits per heavy atom. The molecule has 20 heteroatoms. The number of hydrogen-bond donors (Lipinski definition) is 5. The molecule has 0 radical (unpaired) electrons. The number of aliphatic hydroxyl groups is 2. The summed E-state index contributed by atoms with van der Waals surface area (Å²) in [6, 6.07) is 2.34. The second-order valence-corrected chi connectivity index (χ2v) is 19.9. The smallest absolute Gasteiger partial charge is 0.409 e. The lowest BCUT2D eigenvalue weighted by Gasteiger charge is -2.43. The van der Waals surface area contributed by atoms with Gasteiger partial charge in [-0.2, -0.15) is 0 Å². The van der Waals surface area contributed by atoms with Crippen molar-refractivity contribution in [2.45, 2.75) is 120 Å². The van der Waals surface area contributed by atoms with Gasteiger partial charge in [0.1, 0.15) is 35.1 Å². The summed E-state index contributed by atoms with van der Waals surface area (Å²) in [5, 5.41) is 32.2. The van der Waals surface area contributed by atoms with Gasteiger partial charge in [0, 0.05) is 51.9 Å². The first-order valence-electron chi connectivity index (χ1n) is 21.0. The second-order valence-electron chi connectivity index (χ2n) is 17.2. The molecule has 2 heterocycles. The molecule has 5 amide bonds. The van der Waals surface area contributed by atoms with Crippen molar-refractivity contribution in [2.24, 2.45) is 5.92 Å². The van der Waals surface area contributed by atoms with E-state index in [1.807, 2.05) is 26.8 Å². The number of fused-ring (bicyclic) bond motifs is 4. The molecule has 1 aromatic carbocycles. The Labute approximate surface area is 393 Å². The number of carbonyl (C=O) groups excluding carboxylic acids is 6. The molecule has 5 N–H and O–H groups in total. The second kappa shape index (κ2) is 24.1. The lowest BCUT2D eigenvalue weighted by molar-refractivity contribution is -0.176. The predicted molar refractivity (Wildman–Crippen MR) is 249 cm³/mol. The summed E-state index contributed by atoms with van der Waals surface area (Å²) < 4.78 is 22.3. The number of anilines is 1. The highest BCUT2D eigenvalue weighted by atomic mass is 79.9. The molecular weight excluding hydrogens is 938 g/mol. The minimum atomic E-state index is -1.94. The van der Waals surface area contributed by atoms with Gasteiger partial charge in [0.05, 0.1) is 35.9 Å². The minimum absolute atomic E-state index is 0.0376. The third-order valence-corrected chi connectivity index (χ3v) is 13.7. The maximum absolute atomic E-state index is 14.2. The van der Waals surface area contributed by atoms with Gasteiger partial charge in [0.15, 0.2) is 5.72 Å². The van der Waals surface area contributed by atoms with Crippen molar-refractivity contribution in [2.75, 3.05) is 57.4 Å². The Balaban J connectivity index is 1.88. The van der Waals surface area contributed by atoms with Crippen molar-refractivity contribution >= 4 is 80.7 Å². The van der Waals surface area contributed by atoms with Crippen LogP contribution in [0.25, 0.3) is 0 Å². The minimum Gasteiger partial charge on any atom is -0.495 e. The predicted octanol–water partition coefficient (Wildman–Crippen LogP) is 4.42. The van der Waals surface area contributed by atoms with Gasteiger partial charge in [-0.1, -0.05) is 72.1 Å². The standard InChI is InChI=1S/C44H65BrClN5O12S/c1-26-12-11-13-33(61-10)44(59)23-32(62-41(57)49-44)27(2)22-43(6,58)34(21-38(55)51(8)30-19-29(18-26)20-31(60-9)39(30)46)63-40(56)28(3)50(7)37(54)14-15-42(4,5)64-25-36(53)48-17-16-47-35(52)24-45/h11-13,19-20,27-28,32-34,58-59H,14-18,21-25H2,1-10H3,(H,47,52)(H,48,53)(H,49,57)/b13-11+,26-12+/t27-,28-,32-,33+,34-,43+,44-/m0/s1. The van der Waals surface area contributed by atoms with Crippen LogP contribution in [-0.4, -0.2) is 144 Å². The number of nitrogens with zero attached hydrogens (tertiary/aromatic N) is 2. The van der Waals surface area contributed by atoms with Crippen molar-refractivity contribution in [1.82, 2.24) is 20.9 Å². The number of alkyl carbamates (subject to hydrolysis) is 1. The number of esters is 1. The Hall–Kier alpha value is -3.88. The number of ether oxygens (including phenoxy) is 4. The molecule has 0 spiro atoms. The zero-order valence-electron chi connectivity index (χ0n) is 38.4. The number of thioether (sulfide) groups is 1. The zero-order chi connectivity index (χ0) is 48.2. The first-order chi connectivity index (χ1) is 29.9. The molecule has 4 bridgehead atoms. The van der Waals surface area contributed by atoms with Crippen molar-refractivity contribution in [3.8, 4) is 5.75 Å². The number of nitrogens with one attached hydrogen (secondary N) is 3. The fourth-order valence-corrected chi connectivity index (χ4v) is 8.66. The van der Waals surface area contributed by atoms with Gasteiger partial charge in [0.2, 0.25) is 23.6 Å². The topological polar surface area (TPSA) is 222 Å². The molecule has 0 aromatic heterocycles. The van der Waals surface area contributed by atoms with Crippen LogP contribution in [-0.2, 0) is 44.6 Å². The van der Waals surface area contributed by atoms with E-state index in [0.717, 1.165) is 11.1 Å². The van der Waals surface area contributed by atoms with Crippen LogP contribution in [0.5, 0.6) is 5.75 Å². The summed E-state index contributed by atoms with van der Waals surface area (Å²) in [6.07, 6.45) is 0.789. The molecule has 1 saturated heterocycles. The highest BCUT2D eigenvalue weighted by molar-refractivity contribution is 9.09. The van der Waals surface area contributed by atoms with Crippen LogP contribution in [0.15, 0.2) is 35.9 Å². The Kier molecular flexibility index (Phi) is 20.5. The molecule has 0 unspecified atom stereocenters. The quantitative estimate of drug-likeness (QED) is 0.0935. The molecule has 358 valence electrons. The van der Waals surface area contributed by atoms with Crippen LogP contribution in [0.3, 0.4) is 0 Å². The van der Waals surface area contributed by atoms with Gasteiger partial charge in [-0.3, -0.25) is 24.5 Å². The SMILES string of the molecule is COc1cc2cc(c1Cl)N(C)C(=O)C[C@H](OC(=O)[C@H](C)N(C)C(=O)CCC(C)(C)SCC(=O)NCCNC(=O)CBr)[C@](C)(O)C[C@H](C)[C@@H]1C[C@@](O)(NC(=O)O1)[C@H](OC)/C=C/C=C(\C)C2. The summed E-state index contributed by atoms with van der Waals surface area (Å²) in [5.41, 5.74) is -1.89. The third kappa shape index (κ3) is 15.6. The Morgan fingerprint density at radius 1 is 1.14 bits per heavy atom. The molecule has 3 rings (SSSR count). The van der Waals surface area contributed by atoms with Gasteiger partial charge >= 0.3 is 12.1 Å². The number of benzene rings is 1. The van der Waals surface area contributed by atoms with Crippen LogP contribution in [0.1, 0.15) is 79.2 Å². The Bertz CT molecular complexity index is 1920. The fraction of sp³-hybridized carbons (Fsp3) is 0.636. The van der Waals surface area contributed by atoms with Crippen LogP contribution >= 0.6 is 39.3 Å². The summed E-state index contributed by atoms with van der Waals surface area (Å²) in [4.78, 5) is 80.9. The average molecular weight is 1000 g/mol. The normalized spacial score (nSPS) is 26.3. The van der Waals surface area contributed by atoms with Gasteiger partial charge in [0.25, 0.3) is 0 Å². The van der Waals surface area contributed by atoms with E-state index in [4.69, 9.17) is 30.5 Å². The molecule has 17 nitrogen and oxygen atoms in total. The molecule has 2 aliphatic rings. The lowest BCUT2D eigenvalue weighted by atomic mass is 9.81. The molecule has 1 aromatic rings. The van der Waals surface area contributed by atoms with E-state index in [-0.39, 0.29) is 59.6 Å². The zero-order valence-corrected chi connectivity index (χ0v) is 41.5. The van der Waals surface area contributed by atoms with E-state index in [9.17, 15) is 39.0 Å². The van der Waals surface area contributed by atoms with Gasteiger partial charge < -0.3 is 49.6 Å². The molecule has 0 saturated carbocycles. The Morgan fingerprint density at radius 3 is 2.42 bits per heavy atom. The van der Waals surface area contributed by atoms with Gasteiger partial charge in [-0.05, 0) is 63.6 Å². The van der Waals surface area contributed by atoms with E-state index >= 15 is 0 Å². The number of carbonyl (C=O) groups is 6. The first-order valence-corrected chi connectivity index (χ1v) is 23.5. The number of hydrogen-bond acceptors (Lipinski definition) is 13. The fourth-order valence-electron chi connectivity index (χ4n) is 7.28. The van der Waals surface area contributed by atoms with Crippen molar-refractivity contribution in [3.63, 3.8) is 0 Å². The summed E-state index contributed by atoms with van der Waals surface area (Å²) in [5.74, 6) is -2.45. The van der Waals surface area contributed by atoms with Crippen LogP contribution in [0.2, 0.25) is 5.02 Å². The van der Waals surface area contributed by atoms with Crippen molar-refractivity contribution in [3.05, 3.63) is 46.5 Å². The maximum Gasteiger partial charge on any atom is 0.409 e. The van der Waals surface area contributed by atoms with E-state index in [2.05, 4.69) is 31.9 Å². The van der Waals surface area contributed by atoms with E-state index < -0.39 is 70.7 Å². The highest BCUT2D eigenvalue weighted by Crippen LogP contribution is 2.38. The van der Waals surface area contributed by atoms with Crippen LogP contribution in [0.4, 0.5) is 10.5 Å². The highest BCUT2D eigenvalue weighted by Gasteiger charge is 2.48. The number of allylic oxidation sites excluding steroid dienone is 3. The summed E-state index contributed by atoms with van der Waals surface area (Å²) in [6.45, 7) is 10.8. The molecule has 7 atom stereocenters. The first kappa shape index (κ1) is 54.5. The van der Waals surface area contributed by atoms with Gasteiger partial charge in [-0.25, -0.2) is 9.59 Å². The molecular formula is C44H65BrClN5O12S. The number of halogens is 2. The molecule has 2 aliphatic heterocycles. The van der Waals surface area contributed by atoms with Gasteiger partial charge in [-0.15, -0.1) is 11.8 Å². The number of rotatable bonds is 15. The van der Waals surface area contributed by atoms with E-state index in [1.165, 1.54) is 63.7 Å². The number of amides is 5. The number of methoxy groups -OCH3 is 2. The third-order valence-electron chi connectivity index (χ3n) is 11.4. The van der Waals surface area contributed by atoms with Crippen molar-refractivity contribution < 1.29 is 57.9 Å².